The van der Waals surface area contributed by atoms with E-state index in [1.165, 1.54) is 4.31 Å². The molecular formula is C22H28N2O3S. The van der Waals surface area contributed by atoms with Crippen LogP contribution < -0.4 is 5.32 Å². The molecule has 2 aromatic rings. The highest BCUT2D eigenvalue weighted by Crippen LogP contribution is 2.26. The lowest BCUT2D eigenvalue weighted by molar-refractivity contribution is -0.126. The van der Waals surface area contributed by atoms with Crippen LogP contribution in [0.4, 0.5) is 0 Å². The number of amides is 1. The number of aryl methyl sites for hydroxylation is 1. The van der Waals surface area contributed by atoms with E-state index in [1.54, 1.807) is 30.3 Å². The van der Waals surface area contributed by atoms with E-state index >= 15 is 0 Å². The van der Waals surface area contributed by atoms with Crippen LogP contribution in [0.2, 0.25) is 0 Å². The predicted molar refractivity (Wildman–Crippen MR) is 110 cm³/mol. The lowest BCUT2D eigenvalue weighted by Gasteiger charge is -2.32. The molecule has 5 nitrogen and oxygen atoms in total. The van der Waals surface area contributed by atoms with Gasteiger partial charge in [-0.25, -0.2) is 8.42 Å². The molecule has 6 heteroatoms. The molecule has 1 amide bonds. The molecule has 1 saturated heterocycles. The largest absolute Gasteiger partial charge is 0.349 e. The zero-order chi connectivity index (χ0) is 20.1. The van der Waals surface area contributed by atoms with E-state index in [0.717, 1.165) is 17.5 Å². The van der Waals surface area contributed by atoms with Gasteiger partial charge in [0.15, 0.2) is 0 Å². The van der Waals surface area contributed by atoms with Crippen LogP contribution in [0.3, 0.4) is 0 Å². The number of hydrogen-bond acceptors (Lipinski definition) is 3. The van der Waals surface area contributed by atoms with Crippen LogP contribution in [0.5, 0.6) is 0 Å². The quantitative estimate of drug-likeness (QED) is 0.805. The number of nitrogens with one attached hydrogen (secondary N) is 1. The van der Waals surface area contributed by atoms with Crippen molar-refractivity contribution in [2.75, 3.05) is 13.1 Å². The molecule has 0 aromatic heterocycles. The Bertz CT molecular complexity index is 912. The minimum Gasteiger partial charge on any atom is -0.349 e. The Morgan fingerprint density at radius 1 is 1.14 bits per heavy atom. The summed E-state index contributed by atoms with van der Waals surface area (Å²) in [6.45, 7) is 4.77. The topological polar surface area (TPSA) is 66.5 Å². The lowest BCUT2D eigenvalue weighted by atomic mass is 9.95. The number of nitrogens with zero attached hydrogens (tertiary/aromatic N) is 1. The summed E-state index contributed by atoms with van der Waals surface area (Å²) >= 11 is 0. The third kappa shape index (κ3) is 4.45. The van der Waals surface area contributed by atoms with Crippen LogP contribution in [-0.4, -0.2) is 31.7 Å². The van der Waals surface area contributed by atoms with Gasteiger partial charge in [-0.15, -0.1) is 0 Å². The van der Waals surface area contributed by atoms with Gasteiger partial charge in [-0.2, -0.15) is 4.31 Å². The number of hydrogen-bond donors (Lipinski definition) is 1. The van der Waals surface area contributed by atoms with Crippen molar-refractivity contribution in [2.45, 2.75) is 44.0 Å². The molecule has 0 unspecified atom stereocenters. The maximum atomic E-state index is 12.9. The van der Waals surface area contributed by atoms with E-state index in [0.29, 0.717) is 19.4 Å². The Kier molecular flexibility index (Phi) is 6.52. The van der Waals surface area contributed by atoms with Crippen molar-refractivity contribution in [3.63, 3.8) is 0 Å². The Morgan fingerprint density at radius 2 is 1.82 bits per heavy atom. The van der Waals surface area contributed by atoms with E-state index in [1.807, 2.05) is 38.1 Å². The summed E-state index contributed by atoms with van der Waals surface area (Å²) in [4.78, 5) is 13.2. The zero-order valence-corrected chi connectivity index (χ0v) is 17.3. The second kappa shape index (κ2) is 8.88. The molecule has 28 heavy (non-hydrogen) atoms. The van der Waals surface area contributed by atoms with Crippen molar-refractivity contribution in [1.82, 2.24) is 9.62 Å². The van der Waals surface area contributed by atoms with Gasteiger partial charge in [0, 0.05) is 13.1 Å². The molecule has 3 rings (SSSR count). The van der Waals surface area contributed by atoms with Gasteiger partial charge in [-0.1, -0.05) is 49.4 Å². The molecule has 0 spiro atoms. The van der Waals surface area contributed by atoms with Crippen molar-refractivity contribution in [3.05, 3.63) is 65.7 Å². The molecule has 1 heterocycles. The third-order valence-corrected chi connectivity index (χ3v) is 7.30. The Balaban J connectivity index is 1.71. The highest BCUT2D eigenvalue weighted by Gasteiger charge is 2.33. The lowest BCUT2D eigenvalue weighted by Crippen LogP contribution is -2.46. The summed E-state index contributed by atoms with van der Waals surface area (Å²) in [7, 11) is -3.57. The van der Waals surface area contributed by atoms with E-state index in [-0.39, 0.29) is 29.3 Å². The van der Waals surface area contributed by atoms with E-state index in [2.05, 4.69) is 5.32 Å². The Labute approximate surface area is 167 Å². The van der Waals surface area contributed by atoms with Crippen LogP contribution in [-0.2, 0) is 14.8 Å². The summed E-state index contributed by atoms with van der Waals surface area (Å²) in [5, 5.41) is 3.14. The number of benzene rings is 2. The number of sulfonamides is 1. The number of carbonyl (C=O) groups excluding carboxylic acids is 1. The predicted octanol–water partition coefficient (Wildman–Crippen LogP) is 3.66. The average Bonchev–Trinajstić information content (AvgIpc) is 2.73. The van der Waals surface area contributed by atoms with Gasteiger partial charge in [0.05, 0.1) is 16.9 Å². The first kappa shape index (κ1) is 20.6. The molecule has 1 aliphatic rings. The first-order valence-corrected chi connectivity index (χ1v) is 11.3. The minimum absolute atomic E-state index is 0.0604. The fourth-order valence-corrected chi connectivity index (χ4v) is 5.33. The molecule has 1 aliphatic heterocycles. The van der Waals surface area contributed by atoms with Crippen molar-refractivity contribution >= 4 is 15.9 Å². The average molecular weight is 401 g/mol. The first-order valence-electron chi connectivity index (χ1n) is 9.84. The van der Waals surface area contributed by atoms with E-state index < -0.39 is 10.0 Å². The molecule has 1 fully saturated rings. The maximum absolute atomic E-state index is 12.9. The zero-order valence-electron chi connectivity index (χ0n) is 16.5. The SMILES string of the molecule is CC[C@@H](NC(=O)[C@H]1CCCN(S(=O)(=O)c2ccccc2)C1)c1ccccc1C. The summed E-state index contributed by atoms with van der Waals surface area (Å²) in [5.74, 6) is -0.395. The van der Waals surface area contributed by atoms with Crippen molar-refractivity contribution in [1.29, 1.82) is 0 Å². The van der Waals surface area contributed by atoms with Gasteiger partial charge < -0.3 is 5.32 Å². The van der Waals surface area contributed by atoms with E-state index in [4.69, 9.17) is 0 Å². The first-order chi connectivity index (χ1) is 13.4. The smallest absolute Gasteiger partial charge is 0.243 e. The molecule has 0 bridgehead atoms. The fourth-order valence-electron chi connectivity index (χ4n) is 3.78. The Hall–Kier alpha value is -2.18. The van der Waals surface area contributed by atoms with Crippen LogP contribution in [0.15, 0.2) is 59.5 Å². The maximum Gasteiger partial charge on any atom is 0.243 e. The van der Waals surface area contributed by atoms with Crippen LogP contribution >= 0.6 is 0 Å². The summed E-state index contributed by atoms with van der Waals surface area (Å²) in [5.41, 5.74) is 2.26. The van der Waals surface area contributed by atoms with Gasteiger partial charge in [-0.05, 0) is 49.4 Å². The van der Waals surface area contributed by atoms with Gasteiger partial charge in [-0.3, -0.25) is 4.79 Å². The molecule has 2 aromatic carbocycles. The van der Waals surface area contributed by atoms with Crippen LogP contribution in [0.1, 0.15) is 43.4 Å². The second-order valence-corrected chi connectivity index (χ2v) is 9.28. The number of carbonyl (C=O) groups is 1. The third-order valence-electron chi connectivity index (χ3n) is 5.42. The van der Waals surface area contributed by atoms with E-state index in [9.17, 15) is 13.2 Å². The highest BCUT2D eigenvalue weighted by molar-refractivity contribution is 7.89. The van der Waals surface area contributed by atoms with Crippen LogP contribution in [0.25, 0.3) is 0 Å². The fraction of sp³-hybridized carbons (Fsp3) is 0.409. The molecule has 0 saturated carbocycles. The number of rotatable bonds is 6. The Morgan fingerprint density at radius 3 is 2.50 bits per heavy atom. The normalized spacial score (nSPS) is 19.1. The summed E-state index contributed by atoms with van der Waals surface area (Å²) in [6.07, 6.45) is 2.18. The minimum atomic E-state index is -3.57. The molecule has 0 aliphatic carbocycles. The summed E-state index contributed by atoms with van der Waals surface area (Å²) < 4.78 is 27.2. The molecule has 2 atom stereocenters. The summed E-state index contributed by atoms with van der Waals surface area (Å²) in [6, 6.07) is 16.4. The standard InChI is InChI=1S/C22H28N2O3S/c1-3-21(20-14-8-7-10-17(20)2)23-22(25)18-11-9-15-24(16-18)28(26,27)19-12-5-4-6-13-19/h4-8,10,12-14,18,21H,3,9,11,15-16H2,1-2H3,(H,23,25)/t18-,21+/m0/s1. The van der Waals surface area contributed by atoms with Gasteiger partial charge in [0.1, 0.15) is 0 Å². The van der Waals surface area contributed by atoms with Gasteiger partial charge in [0.2, 0.25) is 15.9 Å². The molecule has 150 valence electrons. The second-order valence-electron chi connectivity index (χ2n) is 7.34. The van der Waals surface area contributed by atoms with Crippen molar-refractivity contribution in [3.8, 4) is 0 Å². The monoisotopic (exact) mass is 400 g/mol. The molecular weight excluding hydrogens is 372 g/mol. The number of piperidine rings is 1. The van der Waals surface area contributed by atoms with Crippen molar-refractivity contribution in [2.24, 2.45) is 5.92 Å². The molecule has 0 radical (unpaired) electrons. The van der Waals surface area contributed by atoms with Crippen molar-refractivity contribution < 1.29 is 13.2 Å². The van der Waals surface area contributed by atoms with Crippen LogP contribution in [0, 0.1) is 12.8 Å². The highest BCUT2D eigenvalue weighted by atomic mass is 32.2. The van der Waals surface area contributed by atoms with Gasteiger partial charge >= 0.3 is 0 Å². The van der Waals surface area contributed by atoms with Gasteiger partial charge in [0.25, 0.3) is 0 Å². The molecule has 1 N–H and O–H groups in total.